The lowest BCUT2D eigenvalue weighted by Crippen LogP contribution is -2.34. The molecule has 0 spiro atoms. The Bertz CT molecular complexity index is 1180. The van der Waals surface area contributed by atoms with E-state index in [0.717, 1.165) is 53.9 Å². The van der Waals surface area contributed by atoms with Crippen LogP contribution in [-0.2, 0) is 17.6 Å². The van der Waals surface area contributed by atoms with E-state index in [4.69, 9.17) is 4.99 Å². The zero-order valence-corrected chi connectivity index (χ0v) is 21.7. The quantitative estimate of drug-likeness (QED) is 0.288. The second-order valence-electron chi connectivity index (χ2n) is 10.2. The fourth-order valence-electron chi connectivity index (χ4n) is 5.01. The number of rotatable bonds is 8. The van der Waals surface area contributed by atoms with E-state index in [1.165, 1.54) is 35.3 Å². The number of hydrogen-bond acceptors (Lipinski definition) is 2. The Labute approximate surface area is 209 Å². The molecule has 0 N–H and O–H groups in total. The number of anilines is 1. The topological polar surface area (TPSA) is 32.7 Å². The van der Waals surface area contributed by atoms with Crippen molar-refractivity contribution in [3.63, 3.8) is 0 Å². The Morgan fingerprint density at radius 2 is 1.77 bits per heavy atom. The molecule has 2 aromatic rings. The van der Waals surface area contributed by atoms with Gasteiger partial charge in [0.2, 0.25) is 5.91 Å². The van der Waals surface area contributed by atoms with Crippen molar-refractivity contribution < 1.29 is 9.18 Å². The number of halogens is 1. The number of aliphatic imine (C=N–C) groups is 1. The smallest absolute Gasteiger partial charge is 0.231 e. The van der Waals surface area contributed by atoms with Crippen molar-refractivity contribution in [2.75, 3.05) is 11.4 Å². The summed E-state index contributed by atoms with van der Waals surface area (Å²) in [6, 6.07) is 13.1. The highest BCUT2D eigenvalue weighted by Gasteiger charge is 2.46. The molecule has 2 aliphatic carbocycles. The summed E-state index contributed by atoms with van der Waals surface area (Å²) in [6.07, 6.45) is 7.32. The average Bonchev–Trinajstić information content (AvgIpc) is 3.49. The zero-order valence-electron chi connectivity index (χ0n) is 21.7. The maximum Gasteiger partial charge on any atom is 0.231 e. The lowest BCUT2D eigenvalue weighted by Gasteiger charge is -2.25. The van der Waals surface area contributed by atoms with Gasteiger partial charge in [-0.2, -0.15) is 0 Å². The van der Waals surface area contributed by atoms with Crippen LogP contribution >= 0.6 is 0 Å². The molecule has 4 heteroatoms. The van der Waals surface area contributed by atoms with Crippen LogP contribution in [0, 0.1) is 11.7 Å². The molecule has 1 saturated carbocycles. The summed E-state index contributed by atoms with van der Waals surface area (Å²) in [7, 11) is 0. The summed E-state index contributed by atoms with van der Waals surface area (Å²) in [5, 5.41) is 0. The van der Waals surface area contributed by atoms with E-state index in [9.17, 15) is 9.18 Å². The predicted molar refractivity (Wildman–Crippen MR) is 144 cm³/mol. The highest BCUT2D eigenvalue weighted by atomic mass is 19.1. The maximum absolute atomic E-state index is 14.0. The molecule has 4 rings (SSSR count). The fourth-order valence-corrected chi connectivity index (χ4v) is 5.01. The van der Waals surface area contributed by atoms with Gasteiger partial charge in [0.15, 0.2) is 0 Å². The molecule has 2 atom stereocenters. The summed E-state index contributed by atoms with van der Waals surface area (Å²) in [5.41, 5.74) is 9.04. The van der Waals surface area contributed by atoms with Gasteiger partial charge in [-0.3, -0.25) is 9.79 Å². The second-order valence-corrected chi connectivity index (χ2v) is 10.2. The Kier molecular flexibility index (Phi) is 7.69. The molecule has 35 heavy (non-hydrogen) atoms. The van der Waals surface area contributed by atoms with Gasteiger partial charge in [0.25, 0.3) is 0 Å². The van der Waals surface area contributed by atoms with Crippen LogP contribution in [0.2, 0.25) is 0 Å². The van der Waals surface area contributed by atoms with Gasteiger partial charge < -0.3 is 4.90 Å². The third kappa shape index (κ3) is 5.98. The van der Waals surface area contributed by atoms with Crippen LogP contribution in [0.5, 0.6) is 0 Å². The lowest BCUT2D eigenvalue weighted by molar-refractivity contribution is -0.119. The van der Waals surface area contributed by atoms with Gasteiger partial charge in [-0.05, 0) is 112 Å². The van der Waals surface area contributed by atoms with Crippen LogP contribution in [0.1, 0.15) is 76.5 Å². The normalized spacial score (nSPS) is 19.7. The number of benzene rings is 2. The van der Waals surface area contributed by atoms with Gasteiger partial charge in [-0.1, -0.05) is 36.8 Å². The third-order valence-electron chi connectivity index (χ3n) is 7.23. The van der Waals surface area contributed by atoms with Gasteiger partial charge in [0, 0.05) is 23.0 Å². The fraction of sp³-hybridized carbons (Fsp3) is 0.419. The van der Waals surface area contributed by atoms with E-state index in [2.05, 4.69) is 38.1 Å². The molecule has 2 aromatic carbocycles. The van der Waals surface area contributed by atoms with Gasteiger partial charge in [0.1, 0.15) is 5.82 Å². The van der Waals surface area contributed by atoms with Crippen LogP contribution in [0.25, 0.3) is 0 Å². The Morgan fingerprint density at radius 3 is 2.46 bits per heavy atom. The largest absolute Gasteiger partial charge is 0.308 e. The first-order chi connectivity index (χ1) is 16.8. The van der Waals surface area contributed by atoms with Crippen molar-refractivity contribution in [2.24, 2.45) is 10.9 Å². The van der Waals surface area contributed by atoms with Gasteiger partial charge in [-0.25, -0.2) is 4.39 Å². The van der Waals surface area contributed by atoms with E-state index in [0.29, 0.717) is 6.54 Å². The maximum atomic E-state index is 14.0. The average molecular weight is 473 g/mol. The molecule has 0 saturated heterocycles. The number of aryl methyl sites for hydroxylation is 2. The monoisotopic (exact) mass is 472 g/mol. The standard InChI is InChI=1S/C31H37FN2O/c1-6-21(4)16-26(22(5)33-20(2)3)19-34(28-15-12-23-8-7-9-25(23)17-28)31(35)30-18-29(30)24-10-13-27(32)14-11-24/h10-17,29-30H,6-9,18-19H2,1-5H3/b21-16+,26-22+. The molecule has 1 fully saturated rings. The minimum absolute atomic E-state index is 0.0806. The first-order valence-corrected chi connectivity index (χ1v) is 12.8. The molecule has 0 aliphatic heterocycles. The number of amides is 1. The molecule has 1 amide bonds. The molecular weight excluding hydrogens is 435 g/mol. The number of carbonyl (C=O) groups is 1. The van der Waals surface area contributed by atoms with Gasteiger partial charge in [0.05, 0.1) is 6.54 Å². The van der Waals surface area contributed by atoms with Crippen LogP contribution < -0.4 is 4.90 Å². The Hall–Kier alpha value is -3.01. The van der Waals surface area contributed by atoms with E-state index >= 15 is 0 Å². The molecule has 0 heterocycles. The molecule has 2 aliphatic rings. The van der Waals surface area contributed by atoms with Crippen molar-refractivity contribution in [1.82, 2.24) is 0 Å². The van der Waals surface area contributed by atoms with E-state index < -0.39 is 0 Å². The highest BCUT2D eigenvalue weighted by Crippen LogP contribution is 2.49. The molecule has 0 radical (unpaired) electrons. The van der Waals surface area contributed by atoms with Crippen molar-refractivity contribution in [1.29, 1.82) is 0 Å². The van der Waals surface area contributed by atoms with Crippen molar-refractivity contribution in [3.8, 4) is 0 Å². The number of fused-ring (bicyclic) bond motifs is 1. The zero-order chi connectivity index (χ0) is 25.1. The summed E-state index contributed by atoms with van der Waals surface area (Å²) < 4.78 is 13.4. The summed E-state index contributed by atoms with van der Waals surface area (Å²) in [6.45, 7) is 10.8. The summed E-state index contributed by atoms with van der Waals surface area (Å²) in [5.74, 6) is -0.0326. The number of hydrogen-bond donors (Lipinski definition) is 0. The molecule has 0 aromatic heterocycles. The molecule has 3 nitrogen and oxygen atoms in total. The summed E-state index contributed by atoms with van der Waals surface area (Å²) >= 11 is 0. The molecular formula is C31H37FN2O. The Morgan fingerprint density at radius 1 is 1.06 bits per heavy atom. The molecule has 0 bridgehead atoms. The van der Waals surface area contributed by atoms with Crippen LogP contribution in [0.15, 0.2) is 70.4 Å². The van der Waals surface area contributed by atoms with Crippen LogP contribution in [0.3, 0.4) is 0 Å². The number of allylic oxidation sites excluding steroid dienone is 2. The number of carbonyl (C=O) groups excluding carboxylic acids is 1. The summed E-state index contributed by atoms with van der Waals surface area (Å²) in [4.78, 5) is 20.7. The van der Waals surface area contributed by atoms with Gasteiger partial charge in [-0.15, -0.1) is 0 Å². The van der Waals surface area contributed by atoms with Crippen LogP contribution in [0.4, 0.5) is 10.1 Å². The first kappa shape index (κ1) is 25.1. The first-order valence-electron chi connectivity index (χ1n) is 12.8. The molecule has 2 unspecified atom stereocenters. The van der Waals surface area contributed by atoms with E-state index in [1.807, 2.05) is 37.8 Å². The van der Waals surface area contributed by atoms with E-state index in [1.54, 1.807) is 0 Å². The predicted octanol–water partition coefficient (Wildman–Crippen LogP) is 7.56. The lowest BCUT2D eigenvalue weighted by atomic mass is 10.0. The highest BCUT2D eigenvalue weighted by molar-refractivity contribution is 5.98. The number of nitrogens with zero attached hydrogens (tertiary/aromatic N) is 2. The van der Waals surface area contributed by atoms with Crippen LogP contribution in [-0.4, -0.2) is 18.2 Å². The molecule has 184 valence electrons. The van der Waals surface area contributed by atoms with Gasteiger partial charge >= 0.3 is 0 Å². The van der Waals surface area contributed by atoms with Crippen molar-refractivity contribution in [3.05, 3.63) is 87.9 Å². The third-order valence-corrected chi connectivity index (χ3v) is 7.23. The SMILES string of the molecule is CC/C(C)=C/C(CN(C(=O)C1CC1c1ccc(F)cc1)c1ccc2c(c1)CCC2)=C(/C)N=C(C)C. The van der Waals surface area contributed by atoms with Crippen molar-refractivity contribution in [2.45, 2.75) is 72.6 Å². The second kappa shape index (κ2) is 10.7. The minimum atomic E-state index is -0.243. The van der Waals surface area contributed by atoms with E-state index in [-0.39, 0.29) is 23.6 Å². The minimum Gasteiger partial charge on any atom is -0.308 e. The Balaban J connectivity index is 1.69. The van der Waals surface area contributed by atoms with Crippen molar-refractivity contribution >= 4 is 17.3 Å².